The zero-order valence-electron chi connectivity index (χ0n) is 19.9. The number of furan rings is 1. The van der Waals surface area contributed by atoms with E-state index in [1.54, 1.807) is 49.3 Å². The molecule has 0 saturated heterocycles. The Morgan fingerprint density at radius 1 is 1.06 bits per heavy atom. The molecule has 5 rings (SSSR count). The molecule has 10 heteroatoms. The highest BCUT2D eigenvalue weighted by Crippen LogP contribution is 2.35. The highest BCUT2D eigenvalue weighted by molar-refractivity contribution is 7.99. The first-order chi connectivity index (χ1) is 17.6. The predicted molar refractivity (Wildman–Crippen MR) is 138 cm³/mol. The molecule has 0 saturated carbocycles. The topological polar surface area (TPSA) is 104 Å². The zero-order chi connectivity index (χ0) is 25.1. The maximum Gasteiger partial charge on any atom is 0.234 e. The number of ether oxygens (including phenoxy) is 2. The van der Waals surface area contributed by atoms with E-state index < -0.39 is 0 Å². The Morgan fingerprint density at radius 3 is 2.69 bits per heavy atom. The minimum atomic E-state index is -0.178. The third kappa shape index (κ3) is 4.63. The summed E-state index contributed by atoms with van der Waals surface area (Å²) >= 11 is 1.25. The quantitative estimate of drug-likeness (QED) is 0.292. The van der Waals surface area contributed by atoms with Crippen LogP contribution in [-0.2, 0) is 4.79 Å². The number of fused-ring (bicyclic) bond motifs is 1. The molecule has 36 heavy (non-hydrogen) atoms. The highest BCUT2D eigenvalue weighted by atomic mass is 32.2. The second-order valence-corrected chi connectivity index (χ2v) is 8.76. The van der Waals surface area contributed by atoms with Crippen molar-refractivity contribution in [3.63, 3.8) is 0 Å². The van der Waals surface area contributed by atoms with Crippen LogP contribution in [0.1, 0.15) is 5.69 Å². The Bertz CT molecular complexity index is 1530. The fraction of sp³-hybridized carbons (Fsp3) is 0.154. The molecule has 0 unspecified atom stereocenters. The van der Waals surface area contributed by atoms with Crippen LogP contribution in [0.3, 0.4) is 0 Å². The van der Waals surface area contributed by atoms with Crippen molar-refractivity contribution in [1.29, 1.82) is 0 Å². The second kappa shape index (κ2) is 10.1. The number of amides is 1. The molecule has 5 aromatic rings. The first-order valence-electron chi connectivity index (χ1n) is 11.1. The number of para-hydroxylation sites is 1. The summed E-state index contributed by atoms with van der Waals surface area (Å²) in [6.07, 6.45) is 1.57. The van der Waals surface area contributed by atoms with Crippen molar-refractivity contribution in [2.75, 3.05) is 25.3 Å². The second-order valence-electron chi connectivity index (χ2n) is 7.82. The molecule has 0 aliphatic heterocycles. The molecule has 0 aliphatic carbocycles. The normalized spacial score (nSPS) is 11.0. The van der Waals surface area contributed by atoms with Crippen molar-refractivity contribution in [3.05, 3.63) is 72.6 Å². The summed E-state index contributed by atoms with van der Waals surface area (Å²) in [5.41, 5.74) is 3.03. The Balaban J connectivity index is 1.46. The monoisotopic (exact) mass is 501 g/mol. The lowest BCUT2D eigenvalue weighted by molar-refractivity contribution is -0.113. The summed E-state index contributed by atoms with van der Waals surface area (Å²) in [6, 6.07) is 18.6. The lowest BCUT2D eigenvalue weighted by Crippen LogP contribution is -2.15. The number of pyridine rings is 1. The smallest absolute Gasteiger partial charge is 0.234 e. The van der Waals surface area contributed by atoms with Crippen LogP contribution in [0.4, 0.5) is 5.69 Å². The fourth-order valence-electron chi connectivity index (χ4n) is 3.85. The van der Waals surface area contributed by atoms with Crippen LogP contribution >= 0.6 is 11.8 Å². The lowest BCUT2D eigenvalue weighted by atomic mass is 10.1. The van der Waals surface area contributed by atoms with Crippen LogP contribution in [0.5, 0.6) is 11.5 Å². The number of rotatable bonds is 8. The maximum atomic E-state index is 13.0. The number of thioether (sulfide) groups is 1. The summed E-state index contributed by atoms with van der Waals surface area (Å²) in [6.45, 7) is 1.90. The third-order valence-corrected chi connectivity index (χ3v) is 6.38. The number of methoxy groups -OCH3 is 2. The average Bonchev–Trinajstić information content (AvgIpc) is 3.57. The van der Waals surface area contributed by atoms with Crippen molar-refractivity contribution in [3.8, 4) is 28.8 Å². The molecular weight excluding hydrogens is 478 g/mol. The average molecular weight is 502 g/mol. The lowest BCUT2D eigenvalue weighted by Gasteiger charge is -2.14. The van der Waals surface area contributed by atoms with Gasteiger partial charge < -0.3 is 19.2 Å². The van der Waals surface area contributed by atoms with Crippen LogP contribution < -0.4 is 14.8 Å². The maximum absolute atomic E-state index is 13.0. The molecule has 0 spiro atoms. The first-order valence-corrected chi connectivity index (χ1v) is 12.1. The third-order valence-electron chi connectivity index (χ3n) is 5.45. The van der Waals surface area contributed by atoms with Crippen molar-refractivity contribution in [2.45, 2.75) is 12.1 Å². The van der Waals surface area contributed by atoms with Gasteiger partial charge in [-0.2, -0.15) is 0 Å². The van der Waals surface area contributed by atoms with Gasteiger partial charge in [0.1, 0.15) is 11.5 Å². The van der Waals surface area contributed by atoms with E-state index in [2.05, 4.69) is 20.5 Å². The Morgan fingerprint density at radius 2 is 1.92 bits per heavy atom. The molecular formula is C26H23N5O4S. The molecule has 1 amide bonds. The number of benzene rings is 2. The van der Waals surface area contributed by atoms with Gasteiger partial charge in [0.05, 0.1) is 43.1 Å². The van der Waals surface area contributed by atoms with Gasteiger partial charge in [0.2, 0.25) is 11.7 Å². The molecule has 0 bridgehead atoms. The van der Waals surface area contributed by atoms with E-state index in [1.165, 1.54) is 11.8 Å². The van der Waals surface area contributed by atoms with Crippen molar-refractivity contribution >= 4 is 34.3 Å². The van der Waals surface area contributed by atoms with Crippen molar-refractivity contribution < 1.29 is 18.7 Å². The van der Waals surface area contributed by atoms with Crippen molar-refractivity contribution in [2.24, 2.45) is 0 Å². The highest BCUT2D eigenvalue weighted by Gasteiger charge is 2.22. The molecule has 3 aromatic heterocycles. The van der Waals surface area contributed by atoms with E-state index in [9.17, 15) is 4.79 Å². The van der Waals surface area contributed by atoms with Gasteiger partial charge in [-0.25, -0.2) is 0 Å². The molecule has 2 aromatic carbocycles. The first kappa shape index (κ1) is 23.4. The summed E-state index contributed by atoms with van der Waals surface area (Å²) in [5.74, 6) is 2.17. The number of aromatic nitrogens is 4. The van der Waals surface area contributed by atoms with Crippen LogP contribution in [0.15, 0.2) is 76.5 Å². The SMILES string of the molecule is COc1ccc(OC)c(-n2c(SCC(=O)Nc3cc(C)nc4ccccc34)nnc2-c2ccco2)c1. The number of carbonyl (C=O) groups excluding carboxylic acids is 1. The fourth-order valence-corrected chi connectivity index (χ4v) is 4.59. The van der Waals surface area contributed by atoms with Gasteiger partial charge in [-0.3, -0.25) is 14.3 Å². The van der Waals surface area contributed by atoms with Crippen LogP contribution in [0.25, 0.3) is 28.2 Å². The van der Waals surface area contributed by atoms with E-state index >= 15 is 0 Å². The van der Waals surface area contributed by atoms with Gasteiger partial charge in [-0.05, 0) is 43.3 Å². The minimum absolute atomic E-state index is 0.109. The standard InChI is InChI=1S/C26H23N5O4S/c1-16-13-20(18-7-4-5-8-19(18)27-16)28-24(32)15-36-26-30-29-25(23-9-6-12-35-23)31(26)21-14-17(33-2)10-11-22(21)34-3/h4-14H,15H2,1-3H3,(H,27,28,32). The molecule has 0 atom stereocenters. The number of aryl methyl sites for hydroxylation is 1. The van der Waals surface area contributed by atoms with Gasteiger partial charge in [0.15, 0.2) is 10.9 Å². The summed E-state index contributed by atoms with van der Waals surface area (Å²) in [5, 5.41) is 13.1. The molecule has 3 heterocycles. The van der Waals surface area contributed by atoms with Gasteiger partial charge in [0, 0.05) is 17.1 Å². The molecule has 1 N–H and O–H groups in total. The van der Waals surface area contributed by atoms with E-state index in [1.807, 2.05) is 43.3 Å². The number of nitrogens with one attached hydrogen (secondary N) is 1. The van der Waals surface area contributed by atoms with E-state index in [0.717, 1.165) is 22.3 Å². The molecule has 0 aliphatic rings. The molecule has 0 radical (unpaired) electrons. The van der Waals surface area contributed by atoms with E-state index in [-0.39, 0.29) is 11.7 Å². The Kier molecular flexibility index (Phi) is 6.59. The van der Waals surface area contributed by atoms with Gasteiger partial charge in [0.25, 0.3) is 0 Å². The van der Waals surface area contributed by atoms with E-state index in [4.69, 9.17) is 13.9 Å². The Hall–Kier alpha value is -4.31. The predicted octanol–water partition coefficient (Wildman–Crippen LogP) is 5.13. The largest absolute Gasteiger partial charge is 0.497 e. The molecule has 182 valence electrons. The number of hydrogen-bond acceptors (Lipinski definition) is 8. The van der Waals surface area contributed by atoms with Crippen LogP contribution in [0, 0.1) is 6.92 Å². The van der Waals surface area contributed by atoms with Crippen LogP contribution in [0.2, 0.25) is 0 Å². The number of carbonyl (C=O) groups is 1. The van der Waals surface area contributed by atoms with Gasteiger partial charge in [-0.15, -0.1) is 10.2 Å². The van der Waals surface area contributed by atoms with Crippen LogP contribution in [-0.4, -0.2) is 45.6 Å². The van der Waals surface area contributed by atoms with Gasteiger partial charge >= 0.3 is 0 Å². The summed E-state index contributed by atoms with van der Waals surface area (Å²) in [4.78, 5) is 17.5. The number of hydrogen-bond donors (Lipinski definition) is 1. The minimum Gasteiger partial charge on any atom is -0.497 e. The molecule has 0 fully saturated rings. The Labute approximate surface area is 211 Å². The number of nitrogens with zero attached hydrogens (tertiary/aromatic N) is 4. The number of anilines is 1. The summed E-state index contributed by atoms with van der Waals surface area (Å²) in [7, 11) is 3.18. The zero-order valence-corrected chi connectivity index (χ0v) is 20.7. The van der Waals surface area contributed by atoms with Gasteiger partial charge in [-0.1, -0.05) is 30.0 Å². The van der Waals surface area contributed by atoms with E-state index in [0.29, 0.717) is 33.9 Å². The summed E-state index contributed by atoms with van der Waals surface area (Å²) < 4.78 is 18.4. The van der Waals surface area contributed by atoms with Crippen molar-refractivity contribution in [1.82, 2.24) is 19.7 Å². The molecule has 9 nitrogen and oxygen atoms in total.